The van der Waals surface area contributed by atoms with Gasteiger partial charge in [-0.2, -0.15) is 0 Å². The molecule has 1 aromatic rings. The van der Waals surface area contributed by atoms with Crippen LogP contribution in [0.4, 0.5) is 0 Å². The summed E-state index contributed by atoms with van der Waals surface area (Å²) >= 11 is 0. The van der Waals surface area contributed by atoms with Gasteiger partial charge in [0.15, 0.2) is 5.57 Å². The Kier molecular flexibility index (Phi) is 4.75. The van der Waals surface area contributed by atoms with Crippen LogP contribution in [0.2, 0.25) is 0 Å². The third kappa shape index (κ3) is 2.63. The number of nitrogens with zero attached hydrogens (tertiary/aromatic N) is 1. The predicted molar refractivity (Wildman–Crippen MR) is 67.1 cm³/mol. The molecule has 0 aliphatic heterocycles. The zero-order chi connectivity index (χ0) is 13.7. The molecule has 18 heavy (non-hydrogen) atoms. The Morgan fingerprint density at radius 1 is 1.39 bits per heavy atom. The molecule has 5 heteroatoms. The monoisotopic (exact) mass is 251 g/mol. The Labute approximate surface area is 106 Å². The first-order chi connectivity index (χ1) is 8.56. The Balaban J connectivity index is 3.29. The third-order valence-electron chi connectivity index (χ3n) is 2.42. The summed E-state index contributed by atoms with van der Waals surface area (Å²) in [7, 11) is 1.74. The number of esters is 1. The van der Waals surface area contributed by atoms with E-state index in [9.17, 15) is 9.59 Å². The van der Waals surface area contributed by atoms with Crippen molar-refractivity contribution in [1.82, 2.24) is 4.57 Å². The normalized spacial score (nSPS) is 9.78. The quantitative estimate of drug-likeness (QED) is 0.452. The van der Waals surface area contributed by atoms with E-state index in [-0.39, 0.29) is 12.2 Å². The standard InChI is InChI=1S/C13H17NO4/c1-5-17-12-9(3)7-14(4)11(12)10(8-15)13(16)18-6-2/h7H,5-6H2,1-4H3. The van der Waals surface area contributed by atoms with Gasteiger partial charge in [0.05, 0.1) is 13.2 Å². The van der Waals surface area contributed by atoms with Crippen LogP contribution in [0.3, 0.4) is 0 Å². The van der Waals surface area contributed by atoms with Gasteiger partial charge in [0, 0.05) is 18.8 Å². The number of aromatic nitrogens is 1. The van der Waals surface area contributed by atoms with Gasteiger partial charge in [-0.3, -0.25) is 0 Å². The molecule has 0 atom stereocenters. The van der Waals surface area contributed by atoms with Crippen LogP contribution in [0.15, 0.2) is 6.20 Å². The Morgan fingerprint density at radius 3 is 2.56 bits per heavy atom. The SMILES string of the molecule is CCOC(=O)C(=C=O)c1c(OCC)c(C)cn1C. The summed E-state index contributed by atoms with van der Waals surface area (Å²) in [5, 5.41) is 0. The Hall–Kier alpha value is -2.00. The second-order valence-corrected chi connectivity index (χ2v) is 3.73. The average Bonchev–Trinajstić information content (AvgIpc) is 2.58. The van der Waals surface area contributed by atoms with E-state index in [2.05, 4.69) is 0 Å². The van der Waals surface area contributed by atoms with Crippen molar-refractivity contribution in [2.24, 2.45) is 7.05 Å². The lowest BCUT2D eigenvalue weighted by atomic mass is 10.2. The van der Waals surface area contributed by atoms with Gasteiger partial charge in [-0.1, -0.05) is 0 Å². The highest BCUT2D eigenvalue weighted by Gasteiger charge is 2.24. The lowest BCUT2D eigenvalue weighted by Gasteiger charge is -2.09. The molecule has 0 fully saturated rings. The van der Waals surface area contributed by atoms with Gasteiger partial charge in [-0.25, -0.2) is 9.59 Å². The molecule has 0 radical (unpaired) electrons. The van der Waals surface area contributed by atoms with Crippen molar-refractivity contribution in [2.75, 3.05) is 13.2 Å². The van der Waals surface area contributed by atoms with Crippen molar-refractivity contribution in [1.29, 1.82) is 0 Å². The fraction of sp³-hybridized carbons (Fsp3) is 0.462. The zero-order valence-electron chi connectivity index (χ0n) is 11.1. The highest BCUT2D eigenvalue weighted by Crippen LogP contribution is 2.30. The van der Waals surface area contributed by atoms with Gasteiger partial charge in [-0.15, -0.1) is 0 Å². The van der Waals surface area contributed by atoms with Crippen LogP contribution < -0.4 is 4.74 Å². The molecular weight excluding hydrogens is 234 g/mol. The molecule has 5 nitrogen and oxygen atoms in total. The first-order valence-corrected chi connectivity index (χ1v) is 5.78. The topological polar surface area (TPSA) is 57.5 Å². The van der Waals surface area contributed by atoms with Crippen molar-refractivity contribution in [2.45, 2.75) is 20.8 Å². The fourth-order valence-electron chi connectivity index (χ4n) is 1.77. The molecule has 0 aliphatic carbocycles. The number of carbonyl (C=O) groups excluding carboxylic acids is 2. The van der Waals surface area contributed by atoms with Crippen LogP contribution in [-0.4, -0.2) is 29.7 Å². The van der Waals surface area contributed by atoms with Gasteiger partial charge in [0.1, 0.15) is 17.4 Å². The van der Waals surface area contributed by atoms with Crippen molar-refractivity contribution < 1.29 is 19.1 Å². The smallest absolute Gasteiger partial charge is 0.351 e. The molecule has 0 N–H and O–H groups in total. The van der Waals surface area contributed by atoms with E-state index < -0.39 is 5.97 Å². The van der Waals surface area contributed by atoms with E-state index >= 15 is 0 Å². The summed E-state index contributed by atoms with van der Waals surface area (Å²) in [4.78, 5) is 22.7. The average molecular weight is 251 g/mol. The minimum atomic E-state index is -0.686. The van der Waals surface area contributed by atoms with E-state index in [4.69, 9.17) is 9.47 Å². The fourth-order valence-corrected chi connectivity index (χ4v) is 1.77. The first-order valence-electron chi connectivity index (χ1n) is 5.78. The van der Waals surface area contributed by atoms with Gasteiger partial charge < -0.3 is 14.0 Å². The second-order valence-electron chi connectivity index (χ2n) is 3.73. The van der Waals surface area contributed by atoms with Gasteiger partial charge in [0.25, 0.3) is 0 Å². The minimum Gasteiger partial charge on any atom is -0.491 e. The lowest BCUT2D eigenvalue weighted by molar-refractivity contribution is -0.136. The third-order valence-corrected chi connectivity index (χ3v) is 2.42. The summed E-state index contributed by atoms with van der Waals surface area (Å²) in [6, 6.07) is 0. The van der Waals surface area contributed by atoms with Crippen LogP contribution in [0.1, 0.15) is 25.1 Å². The lowest BCUT2D eigenvalue weighted by Crippen LogP contribution is -2.11. The molecule has 0 spiro atoms. The molecule has 1 heterocycles. The molecule has 98 valence electrons. The van der Waals surface area contributed by atoms with E-state index in [0.29, 0.717) is 18.1 Å². The number of hydrogen-bond acceptors (Lipinski definition) is 4. The number of rotatable bonds is 5. The molecule has 1 aromatic heterocycles. The van der Waals surface area contributed by atoms with E-state index in [1.54, 1.807) is 30.7 Å². The van der Waals surface area contributed by atoms with Crippen molar-refractivity contribution >= 4 is 17.5 Å². The minimum absolute atomic E-state index is 0.143. The summed E-state index contributed by atoms with van der Waals surface area (Å²) in [6.07, 6.45) is 1.79. The molecular formula is C13H17NO4. The van der Waals surface area contributed by atoms with E-state index in [1.807, 2.05) is 13.8 Å². The van der Waals surface area contributed by atoms with Crippen molar-refractivity contribution in [3.05, 3.63) is 17.5 Å². The van der Waals surface area contributed by atoms with Crippen LogP contribution >= 0.6 is 0 Å². The predicted octanol–water partition coefficient (Wildman–Crippen LogP) is 1.51. The highest BCUT2D eigenvalue weighted by molar-refractivity contribution is 6.25. The Bertz CT molecular complexity index is 495. The second kappa shape index (κ2) is 6.07. The van der Waals surface area contributed by atoms with Gasteiger partial charge in [0.2, 0.25) is 0 Å². The molecule has 0 amide bonds. The zero-order valence-corrected chi connectivity index (χ0v) is 11.1. The van der Waals surface area contributed by atoms with E-state index in [0.717, 1.165) is 5.56 Å². The molecule has 0 aliphatic rings. The van der Waals surface area contributed by atoms with Crippen LogP contribution in [0, 0.1) is 6.92 Å². The van der Waals surface area contributed by atoms with Crippen LogP contribution in [-0.2, 0) is 21.4 Å². The van der Waals surface area contributed by atoms with Crippen LogP contribution in [0.5, 0.6) is 5.75 Å². The summed E-state index contributed by atoms with van der Waals surface area (Å²) in [5.74, 6) is 1.48. The van der Waals surface area contributed by atoms with Crippen LogP contribution in [0.25, 0.3) is 5.57 Å². The maximum Gasteiger partial charge on any atom is 0.351 e. The Morgan fingerprint density at radius 2 is 2.06 bits per heavy atom. The van der Waals surface area contributed by atoms with Crippen molar-refractivity contribution in [3.63, 3.8) is 0 Å². The number of hydrogen-bond donors (Lipinski definition) is 0. The number of ether oxygens (including phenoxy) is 2. The highest BCUT2D eigenvalue weighted by atomic mass is 16.5. The largest absolute Gasteiger partial charge is 0.491 e. The van der Waals surface area contributed by atoms with E-state index in [1.165, 1.54) is 0 Å². The molecule has 0 saturated heterocycles. The summed E-state index contributed by atoms with van der Waals surface area (Å²) < 4.78 is 12.0. The molecule has 0 unspecified atom stereocenters. The van der Waals surface area contributed by atoms with Crippen molar-refractivity contribution in [3.8, 4) is 5.75 Å². The molecule has 0 bridgehead atoms. The van der Waals surface area contributed by atoms with Gasteiger partial charge in [-0.05, 0) is 20.8 Å². The van der Waals surface area contributed by atoms with Gasteiger partial charge >= 0.3 is 5.97 Å². The number of aryl methyl sites for hydroxylation is 2. The first kappa shape index (κ1) is 14.1. The maximum atomic E-state index is 11.7. The molecule has 0 saturated carbocycles. The summed E-state index contributed by atoms with van der Waals surface area (Å²) in [6.45, 7) is 6.02. The summed E-state index contributed by atoms with van der Waals surface area (Å²) in [5.41, 5.74) is 1.12. The number of carbonyl (C=O) groups is 1. The molecule has 0 aromatic carbocycles. The maximum absolute atomic E-state index is 11.7. The molecule has 1 rings (SSSR count).